The molecule has 0 fully saturated rings. The Hall–Kier alpha value is -6.28. The minimum atomic E-state index is -0.983. The van der Waals surface area contributed by atoms with Crippen molar-refractivity contribution in [3.05, 3.63) is 156 Å². The van der Waals surface area contributed by atoms with Crippen LogP contribution in [0, 0.1) is 12.8 Å². The van der Waals surface area contributed by atoms with Gasteiger partial charge in [0, 0.05) is 23.5 Å². The third-order valence-corrected chi connectivity index (χ3v) is 9.19. The summed E-state index contributed by atoms with van der Waals surface area (Å²) >= 11 is 0. The van der Waals surface area contributed by atoms with E-state index in [4.69, 9.17) is 0 Å². The number of pyridine rings is 2. The highest BCUT2D eigenvalue weighted by molar-refractivity contribution is 5.91. The third kappa shape index (κ3) is 6.43. The fraction of sp³-hybridized carbons (Fsp3) is 0.143. The predicted octanol–water partition coefficient (Wildman–Crippen LogP) is 9.06. The molecule has 1 aliphatic carbocycles. The van der Waals surface area contributed by atoms with Crippen LogP contribution in [0.4, 0.5) is 0 Å². The summed E-state index contributed by atoms with van der Waals surface area (Å²) in [4.78, 5) is 31.0. The highest BCUT2D eigenvalue weighted by Crippen LogP contribution is 2.36. The lowest BCUT2D eigenvalue weighted by Gasteiger charge is -2.21. The van der Waals surface area contributed by atoms with Crippen molar-refractivity contribution >= 4 is 22.8 Å². The van der Waals surface area contributed by atoms with Crippen LogP contribution in [-0.4, -0.2) is 41.3 Å². The molecular formula is C42H36N4O4. The first-order valence-electron chi connectivity index (χ1n) is 16.6. The molecule has 0 spiro atoms. The molecule has 7 aromatic rings. The number of nitrogens with zero attached hydrogens (tertiary/aromatic N) is 4. The summed E-state index contributed by atoms with van der Waals surface area (Å²) < 4.78 is 4.25. The average Bonchev–Trinajstić information content (AvgIpc) is 3.71. The number of aryl methyl sites for hydroxylation is 1. The number of carboxylic acids is 2. The summed E-state index contributed by atoms with van der Waals surface area (Å²) in [7, 11) is 0. The number of carboxylic acid groups (broad SMARTS) is 2. The summed E-state index contributed by atoms with van der Waals surface area (Å²) in [6, 6.07) is 34.3. The van der Waals surface area contributed by atoms with Crippen LogP contribution < -0.4 is 0 Å². The van der Waals surface area contributed by atoms with Crippen molar-refractivity contribution in [2.45, 2.75) is 33.1 Å². The van der Waals surface area contributed by atoms with Crippen LogP contribution in [0.5, 0.6) is 0 Å². The smallest absolute Gasteiger partial charge is 0.337 e. The minimum absolute atomic E-state index is 0.172. The standard InChI is InChI=1S/C21H20N2O2.C21H16N2O2/c2*1-14-7-8-19-16(9-14)11-20(15-5-3-2-4-6-15)23(19)18-10-17(21(24)25)12-22-13-18/h2-6,10-14H,7-9H2,1H3,(H,24,25);2-13H,1H3,(H,24,25). The normalized spacial score (nSPS) is 13.7. The quantitative estimate of drug-likeness (QED) is 0.184. The Morgan fingerprint density at radius 3 is 1.82 bits per heavy atom. The van der Waals surface area contributed by atoms with Gasteiger partial charge < -0.3 is 19.3 Å². The van der Waals surface area contributed by atoms with Crippen LogP contribution in [0.2, 0.25) is 0 Å². The maximum atomic E-state index is 11.4. The molecule has 3 aromatic carbocycles. The SMILES string of the molecule is CC1CCc2c(cc(-c3ccccc3)n2-c2cncc(C(=O)O)c2)C1.Cc1ccc2c(c1)cc(-c1ccccc1)n2-c1cncc(C(=O)O)c1. The lowest BCUT2D eigenvalue weighted by Crippen LogP contribution is -2.13. The van der Waals surface area contributed by atoms with Crippen molar-refractivity contribution in [3.8, 4) is 33.9 Å². The Balaban J connectivity index is 0.000000157. The van der Waals surface area contributed by atoms with E-state index < -0.39 is 11.9 Å². The first-order chi connectivity index (χ1) is 24.3. The van der Waals surface area contributed by atoms with E-state index >= 15 is 0 Å². The average molecular weight is 661 g/mol. The van der Waals surface area contributed by atoms with E-state index in [-0.39, 0.29) is 11.1 Å². The molecule has 8 nitrogen and oxygen atoms in total. The summed E-state index contributed by atoms with van der Waals surface area (Å²) in [6.07, 6.45) is 9.41. The van der Waals surface area contributed by atoms with Crippen molar-refractivity contribution in [2.24, 2.45) is 5.92 Å². The van der Waals surface area contributed by atoms with Gasteiger partial charge in [0.2, 0.25) is 0 Å². The maximum Gasteiger partial charge on any atom is 0.337 e. The van der Waals surface area contributed by atoms with Gasteiger partial charge in [-0.25, -0.2) is 9.59 Å². The fourth-order valence-electron chi connectivity index (χ4n) is 6.80. The van der Waals surface area contributed by atoms with Gasteiger partial charge in [0.05, 0.1) is 51.8 Å². The molecule has 8 rings (SSSR count). The minimum Gasteiger partial charge on any atom is -0.478 e. The molecule has 248 valence electrons. The van der Waals surface area contributed by atoms with Crippen molar-refractivity contribution in [1.82, 2.24) is 19.1 Å². The zero-order chi connectivity index (χ0) is 34.8. The van der Waals surface area contributed by atoms with Crippen LogP contribution in [0.15, 0.2) is 128 Å². The van der Waals surface area contributed by atoms with Crippen LogP contribution in [-0.2, 0) is 12.8 Å². The van der Waals surface area contributed by atoms with Gasteiger partial charge in [-0.3, -0.25) is 9.97 Å². The van der Waals surface area contributed by atoms with Crippen molar-refractivity contribution in [2.75, 3.05) is 0 Å². The molecule has 2 N–H and O–H groups in total. The monoisotopic (exact) mass is 660 g/mol. The van der Waals surface area contributed by atoms with Gasteiger partial charge in [-0.15, -0.1) is 0 Å². The van der Waals surface area contributed by atoms with Crippen molar-refractivity contribution < 1.29 is 19.8 Å². The molecule has 0 bridgehead atoms. The topological polar surface area (TPSA) is 110 Å². The molecule has 1 unspecified atom stereocenters. The second-order valence-electron chi connectivity index (χ2n) is 12.8. The number of rotatable bonds is 6. The van der Waals surface area contributed by atoms with Crippen LogP contribution in [0.25, 0.3) is 44.8 Å². The fourth-order valence-corrected chi connectivity index (χ4v) is 6.80. The van der Waals surface area contributed by atoms with E-state index in [9.17, 15) is 19.8 Å². The molecule has 0 aliphatic heterocycles. The highest BCUT2D eigenvalue weighted by atomic mass is 16.4. The number of carbonyl (C=O) groups is 2. The molecule has 50 heavy (non-hydrogen) atoms. The Morgan fingerprint density at radius 2 is 1.24 bits per heavy atom. The number of hydrogen-bond acceptors (Lipinski definition) is 4. The third-order valence-electron chi connectivity index (χ3n) is 9.19. The number of aromatic carboxylic acids is 2. The molecule has 0 amide bonds. The summed E-state index contributed by atoms with van der Waals surface area (Å²) in [5.41, 5.74) is 11.1. The van der Waals surface area contributed by atoms with E-state index in [1.807, 2.05) is 48.5 Å². The first-order valence-corrected chi connectivity index (χ1v) is 16.6. The summed E-state index contributed by atoms with van der Waals surface area (Å²) in [6.45, 7) is 4.35. The molecular weight excluding hydrogens is 624 g/mol. The van der Waals surface area contributed by atoms with E-state index in [1.165, 1.54) is 29.2 Å². The summed E-state index contributed by atoms with van der Waals surface area (Å²) in [5, 5.41) is 19.7. The van der Waals surface area contributed by atoms with E-state index in [0.717, 1.165) is 64.1 Å². The second kappa shape index (κ2) is 13.7. The number of aromatic nitrogens is 4. The Labute approximate surface area is 290 Å². The number of fused-ring (bicyclic) bond motifs is 2. The predicted molar refractivity (Wildman–Crippen MR) is 195 cm³/mol. The molecule has 4 aromatic heterocycles. The summed E-state index contributed by atoms with van der Waals surface area (Å²) in [5.74, 6) is -1.26. The lowest BCUT2D eigenvalue weighted by molar-refractivity contribution is 0.0685. The second-order valence-corrected chi connectivity index (χ2v) is 12.8. The Morgan fingerprint density at radius 1 is 0.680 bits per heavy atom. The highest BCUT2D eigenvalue weighted by Gasteiger charge is 2.24. The molecule has 0 radical (unpaired) electrons. The van der Waals surface area contributed by atoms with E-state index in [0.29, 0.717) is 5.92 Å². The van der Waals surface area contributed by atoms with Crippen LogP contribution >= 0.6 is 0 Å². The van der Waals surface area contributed by atoms with Gasteiger partial charge in [-0.1, -0.05) is 79.2 Å². The molecule has 0 saturated carbocycles. The first kappa shape index (κ1) is 32.3. The van der Waals surface area contributed by atoms with Crippen molar-refractivity contribution in [3.63, 3.8) is 0 Å². The number of hydrogen-bond donors (Lipinski definition) is 2. The molecule has 1 atom stereocenters. The van der Waals surface area contributed by atoms with Gasteiger partial charge in [0.25, 0.3) is 0 Å². The van der Waals surface area contributed by atoms with Gasteiger partial charge in [-0.05, 0) is 85.2 Å². The molecule has 8 heteroatoms. The van der Waals surface area contributed by atoms with Crippen LogP contribution in [0.3, 0.4) is 0 Å². The largest absolute Gasteiger partial charge is 0.478 e. The van der Waals surface area contributed by atoms with Crippen LogP contribution in [0.1, 0.15) is 50.9 Å². The molecule has 1 aliphatic rings. The Bertz CT molecular complexity index is 2340. The lowest BCUT2D eigenvalue weighted by atomic mass is 9.89. The zero-order valence-electron chi connectivity index (χ0n) is 27.8. The van der Waals surface area contributed by atoms with E-state index in [1.54, 1.807) is 24.5 Å². The van der Waals surface area contributed by atoms with Gasteiger partial charge in [0.15, 0.2) is 0 Å². The zero-order valence-corrected chi connectivity index (χ0v) is 27.8. The number of benzene rings is 3. The van der Waals surface area contributed by atoms with Gasteiger partial charge in [-0.2, -0.15) is 0 Å². The molecule has 0 saturated heterocycles. The van der Waals surface area contributed by atoms with Gasteiger partial charge >= 0.3 is 11.9 Å². The van der Waals surface area contributed by atoms with E-state index in [2.05, 4.69) is 75.4 Å². The van der Waals surface area contributed by atoms with Gasteiger partial charge in [0.1, 0.15) is 0 Å². The maximum absolute atomic E-state index is 11.4. The van der Waals surface area contributed by atoms with Crippen molar-refractivity contribution in [1.29, 1.82) is 0 Å². The Kier molecular flexibility index (Phi) is 8.83. The molecule has 4 heterocycles.